The van der Waals surface area contributed by atoms with Gasteiger partial charge in [0.15, 0.2) is 0 Å². The van der Waals surface area contributed by atoms with Crippen LogP contribution in [-0.2, 0) is 0 Å². The van der Waals surface area contributed by atoms with Gasteiger partial charge in [0.25, 0.3) is 0 Å². The maximum absolute atomic E-state index is 8.35. The van der Waals surface area contributed by atoms with Crippen molar-refractivity contribution in [3.63, 3.8) is 0 Å². The van der Waals surface area contributed by atoms with Crippen molar-refractivity contribution in [1.82, 2.24) is 5.32 Å². The molecule has 0 aromatic carbocycles. The molecule has 0 amide bonds. The maximum Gasteiger partial charge on any atom is 0.139 e. The van der Waals surface area contributed by atoms with Gasteiger partial charge in [0.1, 0.15) is 5.84 Å². The van der Waals surface area contributed by atoms with Gasteiger partial charge in [-0.15, -0.1) is 11.3 Å². The number of nitrogens with two attached hydrogens (primary N) is 1. The van der Waals surface area contributed by atoms with Crippen molar-refractivity contribution in [2.45, 2.75) is 32.2 Å². The van der Waals surface area contributed by atoms with Gasteiger partial charge in [-0.25, -0.2) is 0 Å². The maximum atomic E-state index is 8.35. The summed E-state index contributed by atoms with van der Waals surface area (Å²) in [6.45, 7) is 3.12. The van der Waals surface area contributed by atoms with Gasteiger partial charge in [-0.2, -0.15) is 0 Å². The Kier molecular flexibility index (Phi) is 5.88. The molecule has 1 atom stereocenters. The summed E-state index contributed by atoms with van der Waals surface area (Å²) in [4.78, 5) is 1.36. The minimum absolute atomic E-state index is 0.311. The molecule has 0 aliphatic carbocycles. The van der Waals surface area contributed by atoms with E-state index in [2.05, 4.69) is 34.9 Å². The summed E-state index contributed by atoms with van der Waals surface area (Å²) in [6.07, 6.45) is 2.64. The van der Waals surface area contributed by atoms with Crippen LogP contribution >= 0.6 is 11.3 Å². The molecule has 1 rings (SSSR count). The minimum atomic E-state index is 0.311. The molecule has 0 unspecified atom stereocenters. The van der Waals surface area contributed by atoms with Gasteiger partial charge in [-0.3, -0.25) is 0 Å². The zero-order valence-corrected chi connectivity index (χ0v) is 10.3. The number of nitrogens with zero attached hydrogens (tertiary/aromatic N) is 1. The molecule has 1 heterocycles. The first kappa shape index (κ1) is 13.0. The van der Waals surface area contributed by atoms with E-state index in [1.54, 1.807) is 11.3 Å². The van der Waals surface area contributed by atoms with Crippen LogP contribution in [-0.4, -0.2) is 17.6 Å². The van der Waals surface area contributed by atoms with Gasteiger partial charge in [0, 0.05) is 17.3 Å². The molecule has 4 nitrogen and oxygen atoms in total. The molecule has 5 heteroatoms. The molecule has 0 saturated heterocycles. The molecule has 0 fully saturated rings. The Bertz CT molecular complexity index is 311. The van der Waals surface area contributed by atoms with E-state index >= 15 is 0 Å². The lowest BCUT2D eigenvalue weighted by Crippen LogP contribution is -2.19. The summed E-state index contributed by atoms with van der Waals surface area (Å²) in [5, 5.41) is 16.8. The number of thiophene rings is 1. The predicted molar refractivity (Wildman–Crippen MR) is 68.0 cm³/mol. The van der Waals surface area contributed by atoms with Crippen LogP contribution in [0.15, 0.2) is 22.7 Å². The molecule has 0 radical (unpaired) electrons. The Morgan fingerprint density at radius 2 is 2.44 bits per heavy atom. The average molecular weight is 241 g/mol. The quantitative estimate of drug-likeness (QED) is 0.225. The number of rotatable bonds is 7. The van der Waals surface area contributed by atoms with Crippen LogP contribution in [0.1, 0.15) is 37.1 Å². The van der Waals surface area contributed by atoms with Crippen molar-refractivity contribution < 1.29 is 5.21 Å². The topological polar surface area (TPSA) is 70.6 Å². The molecule has 90 valence electrons. The highest BCUT2D eigenvalue weighted by atomic mass is 32.1. The largest absolute Gasteiger partial charge is 0.409 e. The summed E-state index contributed by atoms with van der Waals surface area (Å²) >= 11 is 1.77. The lowest BCUT2D eigenvalue weighted by Gasteiger charge is -2.11. The van der Waals surface area contributed by atoms with E-state index in [1.165, 1.54) is 4.88 Å². The Labute approximate surface area is 100 Å². The van der Waals surface area contributed by atoms with Gasteiger partial charge >= 0.3 is 0 Å². The monoisotopic (exact) mass is 241 g/mol. The fraction of sp³-hybridized carbons (Fsp3) is 0.545. The Morgan fingerprint density at radius 3 is 3.06 bits per heavy atom. The molecule has 0 saturated carbocycles. The first-order chi connectivity index (χ1) is 7.74. The van der Waals surface area contributed by atoms with Crippen molar-refractivity contribution in [3.8, 4) is 0 Å². The van der Waals surface area contributed by atoms with Crippen molar-refractivity contribution in [1.29, 1.82) is 0 Å². The third-order valence-electron chi connectivity index (χ3n) is 2.41. The van der Waals surface area contributed by atoms with Gasteiger partial charge in [0.05, 0.1) is 0 Å². The lowest BCUT2D eigenvalue weighted by molar-refractivity contribution is 0.316. The lowest BCUT2D eigenvalue weighted by atomic mass is 10.2. The normalized spacial score (nSPS) is 13.9. The van der Waals surface area contributed by atoms with E-state index in [1.807, 2.05) is 0 Å². The molecule has 1 aromatic heterocycles. The van der Waals surface area contributed by atoms with E-state index in [0.29, 0.717) is 18.3 Å². The van der Waals surface area contributed by atoms with Crippen LogP contribution in [0.2, 0.25) is 0 Å². The zero-order valence-electron chi connectivity index (χ0n) is 9.52. The number of unbranched alkanes of at least 4 members (excludes halogenated alkanes) is 1. The third-order valence-corrected chi connectivity index (χ3v) is 3.46. The number of hydrogen-bond donors (Lipinski definition) is 3. The zero-order chi connectivity index (χ0) is 11.8. The summed E-state index contributed by atoms with van der Waals surface area (Å²) in [6, 6.07) is 4.61. The smallest absolute Gasteiger partial charge is 0.139 e. The molecule has 0 aliphatic rings. The molecule has 0 bridgehead atoms. The van der Waals surface area contributed by atoms with Crippen LogP contribution in [0.4, 0.5) is 0 Å². The molecule has 0 spiro atoms. The second-order valence-electron chi connectivity index (χ2n) is 3.74. The van der Waals surface area contributed by atoms with Gasteiger partial charge in [0.2, 0.25) is 0 Å². The highest BCUT2D eigenvalue weighted by Crippen LogP contribution is 2.17. The highest BCUT2D eigenvalue weighted by molar-refractivity contribution is 7.10. The van der Waals surface area contributed by atoms with E-state index in [0.717, 1.165) is 19.4 Å². The van der Waals surface area contributed by atoms with Crippen LogP contribution < -0.4 is 11.1 Å². The Balaban J connectivity index is 2.07. The van der Waals surface area contributed by atoms with Crippen molar-refractivity contribution >= 4 is 17.2 Å². The number of nitrogens with one attached hydrogen (secondary N) is 1. The van der Waals surface area contributed by atoms with Crippen molar-refractivity contribution in [2.24, 2.45) is 10.9 Å². The van der Waals surface area contributed by atoms with E-state index in [4.69, 9.17) is 10.9 Å². The van der Waals surface area contributed by atoms with E-state index in [9.17, 15) is 0 Å². The standard InChI is InChI=1S/C11H19N3OS/c1-9(10-5-4-8-16-10)13-7-3-2-6-11(12)14-15/h4-5,8-9,13,15H,2-3,6-7H2,1H3,(H2,12,14)/t9-/m0/s1. The Hall–Kier alpha value is -1.07. The molecule has 1 aromatic rings. The number of amidine groups is 1. The second kappa shape index (κ2) is 7.24. The predicted octanol–water partition coefficient (Wildman–Crippen LogP) is 2.32. The highest BCUT2D eigenvalue weighted by Gasteiger charge is 2.04. The van der Waals surface area contributed by atoms with Crippen molar-refractivity contribution in [3.05, 3.63) is 22.4 Å². The fourth-order valence-electron chi connectivity index (χ4n) is 1.44. The van der Waals surface area contributed by atoms with Gasteiger partial charge in [-0.05, 0) is 37.8 Å². The second-order valence-corrected chi connectivity index (χ2v) is 4.72. The average Bonchev–Trinajstić information content (AvgIpc) is 2.81. The van der Waals surface area contributed by atoms with Crippen LogP contribution in [0, 0.1) is 0 Å². The number of hydrogen-bond acceptors (Lipinski definition) is 4. The molecular formula is C11H19N3OS. The summed E-state index contributed by atoms with van der Waals surface area (Å²) in [5.74, 6) is 0.311. The van der Waals surface area contributed by atoms with Crippen LogP contribution in [0.25, 0.3) is 0 Å². The summed E-state index contributed by atoms with van der Waals surface area (Å²) in [5.41, 5.74) is 5.37. The Morgan fingerprint density at radius 1 is 1.62 bits per heavy atom. The van der Waals surface area contributed by atoms with Crippen LogP contribution in [0.5, 0.6) is 0 Å². The summed E-state index contributed by atoms with van der Waals surface area (Å²) in [7, 11) is 0. The van der Waals surface area contributed by atoms with Crippen LogP contribution in [0.3, 0.4) is 0 Å². The fourth-order valence-corrected chi connectivity index (χ4v) is 2.20. The van der Waals surface area contributed by atoms with E-state index in [-0.39, 0.29) is 0 Å². The minimum Gasteiger partial charge on any atom is -0.409 e. The molecular weight excluding hydrogens is 222 g/mol. The summed E-state index contributed by atoms with van der Waals surface area (Å²) < 4.78 is 0. The first-order valence-electron chi connectivity index (χ1n) is 5.47. The van der Waals surface area contributed by atoms with Crippen molar-refractivity contribution in [2.75, 3.05) is 6.54 Å². The van der Waals surface area contributed by atoms with E-state index < -0.39 is 0 Å². The van der Waals surface area contributed by atoms with Gasteiger partial charge < -0.3 is 16.3 Å². The molecule has 16 heavy (non-hydrogen) atoms. The third kappa shape index (κ3) is 4.63. The van der Waals surface area contributed by atoms with Gasteiger partial charge in [-0.1, -0.05) is 11.2 Å². The SMILES string of the molecule is C[C@H](NCCCC/C(N)=N/O)c1cccs1. The number of oxime groups is 1. The molecule has 0 aliphatic heterocycles. The first-order valence-corrected chi connectivity index (χ1v) is 6.35. The molecule has 4 N–H and O–H groups in total.